The number of amides is 2. The second-order valence-electron chi connectivity index (χ2n) is 6.34. The quantitative estimate of drug-likeness (QED) is 0.845. The molecule has 1 aromatic carbocycles. The Bertz CT molecular complexity index is 532. The number of carbonyl (C=O) groups is 2. The van der Waals surface area contributed by atoms with Crippen molar-refractivity contribution in [3.05, 3.63) is 35.9 Å². The highest BCUT2D eigenvalue weighted by molar-refractivity contribution is 5.94. The van der Waals surface area contributed by atoms with Crippen LogP contribution in [0.4, 0.5) is 0 Å². The number of likely N-dealkylation sites (tertiary alicyclic amines) is 1. The molecule has 2 aliphatic heterocycles. The summed E-state index contributed by atoms with van der Waals surface area (Å²) >= 11 is 0. The molecule has 0 spiro atoms. The number of hydrogen-bond donors (Lipinski definition) is 0. The van der Waals surface area contributed by atoms with Crippen LogP contribution in [0.25, 0.3) is 0 Å². The molecule has 0 N–H and O–H groups in total. The lowest BCUT2D eigenvalue weighted by molar-refractivity contribution is -0.133. The van der Waals surface area contributed by atoms with Gasteiger partial charge in [-0.15, -0.1) is 0 Å². The molecule has 2 aliphatic rings. The Balaban J connectivity index is 1.44. The van der Waals surface area contributed by atoms with Gasteiger partial charge in [-0.2, -0.15) is 0 Å². The van der Waals surface area contributed by atoms with E-state index < -0.39 is 0 Å². The van der Waals surface area contributed by atoms with Crippen molar-refractivity contribution in [2.75, 3.05) is 45.8 Å². The second-order valence-corrected chi connectivity index (χ2v) is 6.34. The van der Waals surface area contributed by atoms with Gasteiger partial charge in [0.1, 0.15) is 0 Å². The Morgan fingerprint density at radius 3 is 2.09 bits per heavy atom. The van der Waals surface area contributed by atoms with E-state index in [1.54, 1.807) is 0 Å². The zero-order valence-corrected chi connectivity index (χ0v) is 13.6. The Morgan fingerprint density at radius 2 is 1.43 bits per heavy atom. The summed E-state index contributed by atoms with van der Waals surface area (Å²) < 4.78 is 0. The van der Waals surface area contributed by atoms with Crippen LogP contribution in [-0.4, -0.2) is 72.3 Å². The Morgan fingerprint density at radius 1 is 0.826 bits per heavy atom. The van der Waals surface area contributed by atoms with E-state index in [1.165, 1.54) is 12.8 Å². The highest BCUT2D eigenvalue weighted by atomic mass is 16.2. The van der Waals surface area contributed by atoms with E-state index in [0.29, 0.717) is 32.6 Å². The second kappa shape index (κ2) is 7.59. The van der Waals surface area contributed by atoms with Crippen molar-refractivity contribution in [3.63, 3.8) is 0 Å². The fourth-order valence-electron chi connectivity index (χ4n) is 3.34. The van der Waals surface area contributed by atoms with E-state index in [2.05, 4.69) is 4.90 Å². The van der Waals surface area contributed by atoms with Crippen LogP contribution < -0.4 is 0 Å². The summed E-state index contributed by atoms with van der Waals surface area (Å²) in [5, 5.41) is 0. The average Bonchev–Trinajstić information content (AvgIpc) is 3.13. The van der Waals surface area contributed by atoms with E-state index in [0.717, 1.165) is 25.2 Å². The van der Waals surface area contributed by atoms with Gasteiger partial charge in [0.15, 0.2) is 0 Å². The molecule has 0 atom stereocenters. The lowest BCUT2D eigenvalue weighted by atomic mass is 10.2. The Labute approximate surface area is 137 Å². The van der Waals surface area contributed by atoms with Crippen molar-refractivity contribution in [2.24, 2.45) is 0 Å². The van der Waals surface area contributed by atoms with Crippen molar-refractivity contribution >= 4 is 11.8 Å². The fraction of sp³-hybridized carbons (Fsp3) is 0.556. The topological polar surface area (TPSA) is 43.9 Å². The van der Waals surface area contributed by atoms with Gasteiger partial charge in [0.05, 0.1) is 0 Å². The Kier molecular flexibility index (Phi) is 5.28. The first-order valence-corrected chi connectivity index (χ1v) is 8.58. The van der Waals surface area contributed by atoms with Gasteiger partial charge in [-0.25, -0.2) is 0 Å². The first kappa shape index (κ1) is 16.0. The fourth-order valence-corrected chi connectivity index (χ4v) is 3.34. The van der Waals surface area contributed by atoms with Gasteiger partial charge >= 0.3 is 0 Å². The smallest absolute Gasteiger partial charge is 0.253 e. The minimum atomic E-state index is 0.0646. The first-order valence-electron chi connectivity index (χ1n) is 8.58. The number of benzene rings is 1. The van der Waals surface area contributed by atoms with Crippen LogP contribution in [0, 0.1) is 0 Å². The molecule has 124 valence electrons. The molecule has 0 bridgehead atoms. The third kappa shape index (κ3) is 4.10. The summed E-state index contributed by atoms with van der Waals surface area (Å²) in [6, 6.07) is 9.36. The highest BCUT2D eigenvalue weighted by Gasteiger charge is 2.25. The molecule has 0 saturated carbocycles. The van der Waals surface area contributed by atoms with Gasteiger partial charge in [0.2, 0.25) is 5.91 Å². The molecular weight excluding hydrogens is 290 g/mol. The average molecular weight is 315 g/mol. The van der Waals surface area contributed by atoms with E-state index in [9.17, 15) is 9.59 Å². The number of piperazine rings is 1. The lowest BCUT2D eigenvalue weighted by Crippen LogP contribution is -2.51. The maximum Gasteiger partial charge on any atom is 0.253 e. The standard InChI is InChI=1S/C18H25N3O2/c22-17(8-11-19-9-4-5-10-19)20-12-14-21(15-13-20)18(23)16-6-2-1-3-7-16/h1-3,6-7H,4-5,8-15H2. The number of carbonyl (C=O) groups excluding carboxylic acids is 2. The van der Waals surface area contributed by atoms with Crippen LogP contribution in [0.5, 0.6) is 0 Å². The molecule has 2 fully saturated rings. The van der Waals surface area contributed by atoms with Gasteiger partial charge in [0, 0.05) is 44.7 Å². The van der Waals surface area contributed by atoms with Crippen LogP contribution in [0.2, 0.25) is 0 Å². The minimum Gasteiger partial charge on any atom is -0.339 e. The van der Waals surface area contributed by atoms with Gasteiger partial charge < -0.3 is 14.7 Å². The largest absolute Gasteiger partial charge is 0.339 e. The third-order valence-corrected chi connectivity index (χ3v) is 4.78. The number of nitrogens with zero attached hydrogens (tertiary/aromatic N) is 3. The molecule has 3 rings (SSSR count). The van der Waals surface area contributed by atoms with E-state index in [4.69, 9.17) is 0 Å². The molecule has 1 aromatic rings. The summed E-state index contributed by atoms with van der Waals surface area (Å²) in [7, 11) is 0. The molecule has 2 saturated heterocycles. The first-order chi connectivity index (χ1) is 11.2. The van der Waals surface area contributed by atoms with Gasteiger partial charge in [-0.05, 0) is 38.1 Å². The number of hydrogen-bond acceptors (Lipinski definition) is 3. The van der Waals surface area contributed by atoms with Crippen LogP contribution in [0.3, 0.4) is 0 Å². The van der Waals surface area contributed by atoms with Crippen molar-refractivity contribution in [1.82, 2.24) is 14.7 Å². The molecule has 0 radical (unpaired) electrons. The Hall–Kier alpha value is -1.88. The molecule has 0 aliphatic carbocycles. The van der Waals surface area contributed by atoms with E-state index in [-0.39, 0.29) is 11.8 Å². The molecule has 5 nitrogen and oxygen atoms in total. The predicted octanol–water partition coefficient (Wildman–Crippen LogP) is 1.46. The maximum atomic E-state index is 12.4. The predicted molar refractivity (Wildman–Crippen MR) is 89.2 cm³/mol. The summed E-state index contributed by atoms with van der Waals surface area (Å²) in [5.41, 5.74) is 0.723. The van der Waals surface area contributed by atoms with Gasteiger partial charge in [-0.3, -0.25) is 9.59 Å². The van der Waals surface area contributed by atoms with Gasteiger partial charge in [0.25, 0.3) is 5.91 Å². The van der Waals surface area contributed by atoms with Crippen LogP contribution in [-0.2, 0) is 4.79 Å². The minimum absolute atomic E-state index is 0.0646. The van der Waals surface area contributed by atoms with Crippen LogP contribution in [0.1, 0.15) is 29.6 Å². The molecule has 2 heterocycles. The molecule has 23 heavy (non-hydrogen) atoms. The molecule has 0 aromatic heterocycles. The normalized spacial score (nSPS) is 19.1. The molecule has 5 heteroatoms. The van der Waals surface area contributed by atoms with Gasteiger partial charge in [-0.1, -0.05) is 18.2 Å². The van der Waals surface area contributed by atoms with Crippen molar-refractivity contribution < 1.29 is 9.59 Å². The van der Waals surface area contributed by atoms with Crippen molar-refractivity contribution in [3.8, 4) is 0 Å². The third-order valence-electron chi connectivity index (χ3n) is 4.78. The highest BCUT2D eigenvalue weighted by Crippen LogP contribution is 2.11. The summed E-state index contributed by atoms with van der Waals surface area (Å²) in [5.74, 6) is 0.290. The summed E-state index contributed by atoms with van der Waals surface area (Å²) in [6.45, 7) is 5.70. The number of rotatable bonds is 4. The summed E-state index contributed by atoms with van der Waals surface area (Å²) in [6.07, 6.45) is 3.12. The van der Waals surface area contributed by atoms with E-state index >= 15 is 0 Å². The SMILES string of the molecule is O=C(CCN1CCCC1)N1CCN(C(=O)c2ccccc2)CC1. The van der Waals surface area contributed by atoms with Crippen molar-refractivity contribution in [1.29, 1.82) is 0 Å². The lowest BCUT2D eigenvalue weighted by Gasteiger charge is -2.35. The maximum absolute atomic E-state index is 12.4. The van der Waals surface area contributed by atoms with E-state index in [1.807, 2.05) is 40.1 Å². The van der Waals surface area contributed by atoms with Crippen LogP contribution >= 0.6 is 0 Å². The monoisotopic (exact) mass is 315 g/mol. The molecule has 2 amide bonds. The molecule has 0 unspecified atom stereocenters. The zero-order valence-electron chi connectivity index (χ0n) is 13.6. The van der Waals surface area contributed by atoms with Crippen LogP contribution in [0.15, 0.2) is 30.3 Å². The van der Waals surface area contributed by atoms with Crippen molar-refractivity contribution in [2.45, 2.75) is 19.3 Å². The summed E-state index contributed by atoms with van der Waals surface area (Å²) in [4.78, 5) is 30.8. The zero-order chi connectivity index (χ0) is 16.1. The molecular formula is C18H25N3O2.